The Balaban J connectivity index is 2.68. The number of nitrogens with one attached hydrogen (secondary N) is 1. The highest BCUT2D eigenvalue weighted by molar-refractivity contribution is 5.87. The van der Waals surface area contributed by atoms with Gasteiger partial charge in [0, 0.05) is 23.0 Å². The van der Waals surface area contributed by atoms with Crippen LogP contribution in [0.3, 0.4) is 0 Å². The molecule has 0 saturated heterocycles. The summed E-state index contributed by atoms with van der Waals surface area (Å²) in [7, 11) is 0. The summed E-state index contributed by atoms with van der Waals surface area (Å²) < 4.78 is 0. The van der Waals surface area contributed by atoms with Crippen molar-refractivity contribution in [3.05, 3.63) is 35.0 Å². The number of hydrogen-bond acceptors (Lipinski definition) is 1. The summed E-state index contributed by atoms with van der Waals surface area (Å²) in [6, 6.07) is 6.26. The maximum absolute atomic E-state index is 10.4. The van der Waals surface area contributed by atoms with Crippen LogP contribution in [0.25, 0.3) is 10.9 Å². The number of H-pyrrole nitrogens is 1. The van der Waals surface area contributed by atoms with Gasteiger partial charge in [-0.3, -0.25) is 0 Å². The Bertz CT molecular complexity index is 443. The zero-order valence-electron chi connectivity index (χ0n) is 8.42. The molecule has 0 bridgehead atoms. The Morgan fingerprint density at radius 2 is 2.00 bits per heavy atom. The predicted molar refractivity (Wildman–Crippen MR) is 57.5 cm³/mol. The van der Waals surface area contributed by atoms with Gasteiger partial charge in [0.1, 0.15) is 6.29 Å². The first-order chi connectivity index (χ1) is 6.72. The lowest BCUT2D eigenvalue weighted by molar-refractivity contribution is -0.107. The lowest BCUT2D eigenvalue weighted by Gasteiger charge is -1.98. The van der Waals surface area contributed by atoms with Crippen molar-refractivity contribution in [3.63, 3.8) is 0 Å². The second kappa shape index (κ2) is 3.29. The van der Waals surface area contributed by atoms with Gasteiger partial charge in [0.2, 0.25) is 0 Å². The van der Waals surface area contributed by atoms with E-state index in [1.807, 2.05) is 0 Å². The molecule has 1 heterocycles. The standard InChI is InChI=1S/C12H13NO/c1-8-3-4-9(2)12-11(8)7-10(13-12)5-6-14/h3-4,6-7,13H,5H2,1-2H3. The molecule has 0 aliphatic heterocycles. The Morgan fingerprint density at radius 1 is 1.29 bits per heavy atom. The van der Waals surface area contributed by atoms with Gasteiger partial charge >= 0.3 is 0 Å². The molecule has 0 saturated carbocycles. The zero-order chi connectivity index (χ0) is 10.1. The number of rotatable bonds is 2. The van der Waals surface area contributed by atoms with Crippen molar-refractivity contribution in [2.24, 2.45) is 0 Å². The van der Waals surface area contributed by atoms with Crippen molar-refractivity contribution < 1.29 is 4.79 Å². The van der Waals surface area contributed by atoms with Crippen LogP contribution in [0.1, 0.15) is 16.8 Å². The molecule has 0 radical (unpaired) electrons. The molecule has 2 rings (SSSR count). The lowest BCUT2D eigenvalue weighted by Crippen LogP contribution is -1.84. The molecule has 0 aliphatic carbocycles. The molecular formula is C12H13NO. The van der Waals surface area contributed by atoms with Crippen LogP contribution in [-0.4, -0.2) is 11.3 Å². The minimum Gasteiger partial charge on any atom is -0.358 e. The second-order valence-corrected chi connectivity index (χ2v) is 3.65. The molecule has 14 heavy (non-hydrogen) atoms. The highest BCUT2D eigenvalue weighted by Gasteiger charge is 2.04. The second-order valence-electron chi connectivity index (χ2n) is 3.65. The molecule has 2 aromatic rings. The molecule has 0 spiro atoms. The van der Waals surface area contributed by atoms with Gasteiger partial charge in [-0.2, -0.15) is 0 Å². The SMILES string of the molecule is Cc1ccc(C)c2[nH]c(CC=O)cc12. The van der Waals surface area contributed by atoms with E-state index < -0.39 is 0 Å². The van der Waals surface area contributed by atoms with Gasteiger partial charge in [-0.05, 0) is 31.0 Å². The number of benzene rings is 1. The van der Waals surface area contributed by atoms with E-state index in [9.17, 15) is 4.79 Å². The third kappa shape index (κ3) is 1.33. The summed E-state index contributed by atoms with van der Waals surface area (Å²) in [6.45, 7) is 4.16. The monoisotopic (exact) mass is 187 g/mol. The zero-order valence-corrected chi connectivity index (χ0v) is 8.42. The summed E-state index contributed by atoms with van der Waals surface area (Å²) in [5.74, 6) is 0. The molecule has 72 valence electrons. The highest BCUT2D eigenvalue weighted by Crippen LogP contribution is 2.22. The average molecular weight is 187 g/mol. The Kier molecular flexibility index (Phi) is 2.12. The van der Waals surface area contributed by atoms with E-state index in [1.165, 1.54) is 16.5 Å². The van der Waals surface area contributed by atoms with E-state index in [-0.39, 0.29) is 0 Å². The minimum atomic E-state index is 0.466. The average Bonchev–Trinajstić information content (AvgIpc) is 2.57. The van der Waals surface area contributed by atoms with Gasteiger partial charge in [0.05, 0.1) is 0 Å². The quantitative estimate of drug-likeness (QED) is 0.720. The Morgan fingerprint density at radius 3 is 2.64 bits per heavy atom. The molecule has 0 amide bonds. The molecule has 0 unspecified atom stereocenters. The van der Waals surface area contributed by atoms with Crippen molar-refractivity contribution in [2.75, 3.05) is 0 Å². The third-order valence-corrected chi connectivity index (χ3v) is 2.58. The number of aryl methyl sites for hydroxylation is 2. The summed E-state index contributed by atoms with van der Waals surface area (Å²) in [5.41, 5.74) is 4.62. The Hall–Kier alpha value is -1.57. The highest BCUT2D eigenvalue weighted by atomic mass is 16.1. The van der Waals surface area contributed by atoms with Crippen molar-refractivity contribution in [3.8, 4) is 0 Å². The number of aromatic amines is 1. The first-order valence-corrected chi connectivity index (χ1v) is 4.74. The molecule has 1 aromatic heterocycles. The fraction of sp³-hybridized carbons (Fsp3) is 0.250. The molecular weight excluding hydrogens is 174 g/mol. The van der Waals surface area contributed by atoms with Crippen LogP contribution in [0, 0.1) is 13.8 Å². The number of aromatic nitrogens is 1. The van der Waals surface area contributed by atoms with E-state index in [2.05, 4.69) is 37.0 Å². The molecule has 1 N–H and O–H groups in total. The number of fused-ring (bicyclic) bond motifs is 1. The molecule has 2 nitrogen and oxygen atoms in total. The van der Waals surface area contributed by atoms with E-state index in [1.54, 1.807) is 0 Å². The van der Waals surface area contributed by atoms with Crippen molar-refractivity contribution in [1.82, 2.24) is 4.98 Å². The van der Waals surface area contributed by atoms with Crippen LogP contribution in [-0.2, 0) is 11.2 Å². The van der Waals surface area contributed by atoms with Gasteiger partial charge in [0.25, 0.3) is 0 Å². The first-order valence-electron chi connectivity index (χ1n) is 4.74. The van der Waals surface area contributed by atoms with Crippen LogP contribution in [0.15, 0.2) is 18.2 Å². The van der Waals surface area contributed by atoms with Gasteiger partial charge in [-0.15, -0.1) is 0 Å². The van der Waals surface area contributed by atoms with Gasteiger partial charge < -0.3 is 9.78 Å². The third-order valence-electron chi connectivity index (χ3n) is 2.58. The number of carbonyl (C=O) groups excluding carboxylic acids is 1. The van der Waals surface area contributed by atoms with E-state index >= 15 is 0 Å². The molecule has 2 heteroatoms. The number of aldehydes is 1. The van der Waals surface area contributed by atoms with E-state index in [0.717, 1.165) is 17.5 Å². The number of carbonyl (C=O) groups is 1. The largest absolute Gasteiger partial charge is 0.358 e. The van der Waals surface area contributed by atoms with Crippen LogP contribution in [0.5, 0.6) is 0 Å². The molecule has 0 fully saturated rings. The topological polar surface area (TPSA) is 32.9 Å². The van der Waals surface area contributed by atoms with Crippen molar-refractivity contribution in [1.29, 1.82) is 0 Å². The lowest BCUT2D eigenvalue weighted by atomic mass is 10.1. The van der Waals surface area contributed by atoms with Crippen molar-refractivity contribution in [2.45, 2.75) is 20.3 Å². The summed E-state index contributed by atoms with van der Waals surface area (Å²) >= 11 is 0. The maximum atomic E-state index is 10.4. The minimum absolute atomic E-state index is 0.466. The molecule has 0 aliphatic rings. The first kappa shape index (κ1) is 9.00. The van der Waals surface area contributed by atoms with Crippen molar-refractivity contribution >= 4 is 17.2 Å². The smallest absolute Gasteiger partial charge is 0.125 e. The number of hydrogen-bond donors (Lipinski definition) is 1. The fourth-order valence-corrected chi connectivity index (χ4v) is 1.76. The van der Waals surface area contributed by atoms with Crippen LogP contribution in [0.2, 0.25) is 0 Å². The van der Waals surface area contributed by atoms with E-state index in [4.69, 9.17) is 0 Å². The van der Waals surface area contributed by atoms with Crippen LogP contribution < -0.4 is 0 Å². The Labute approximate surface area is 82.9 Å². The maximum Gasteiger partial charge on any atom is 0.125 e. The van der Waals surface area contributed by atoms with Gasteiger partial charge in [-0.1, -0.05) is 12.1 Å². The van der Waals surface area contributed by atoms with Gasteiger partial charge in [-0.25, -0.2) is 0 Å². The predicted octanol–water partition coefficient (Wildman–Crippen LogP) is 2.53. The summed E-state index contributed by atoms with van der Waals surface area (Å²) in [5, 5.41) is 1.22. The molecule has 1 aromatic carbocycles. The van der Waals surface area contributed by atoms with Crippen LogP contribution >= 0.6 is 0 Å². The normalized spacial score (nSPS) is 10.7. The fourth-order valence-electron chi connectivity index (χ4n) is 1.76. The van der Waals surface area contributed by atoms with Crippen LogP contribution in [0.4, 0.5) is 0 Å². The summed E-state index contributed by atoms with van der Waals surface area (Å²) in [4.78, 5) is 13.7. The summed E-state index contributed by atoms with van der Waals surface area (Å²) in [6.07, 6.45) is 1.39. The van der Waals surface area contributed by atoms with Gasteiger partial charge in [0.15, 0.2) is 0 Å². The molecule has 0 atom stereocenters. The van der Waals surface area contributed by atoms with E-state index in [0.29, 0.717) is 6.42 Å².